The molecule has 1 aliphatic rings. The van der Waals surface area contributed by atoms with Crippen molar-refractivity contribution in [2.45, 2.75) is 18.9 Å². The van der Waals surface area contributed by atoms with E-state index in [1.807, 2.05) is 34.9 Å². The molecule has 7 heteroatoms. The zero-order chi connectivity index (χ0) is 22.2. The smallest absolute Gasteiger partial charge is 0.227 e. The molecule has 0 spiro atoms. The van der Waals surface area contributed by atoms with Crippen LogP contribution < -0.4 is 9.64 Å². The van der Waals surface area contributed by atoms with Crippen molar-refractivity contribution >= 4 is 34.2 Å². The fourth-order valence-electron chi connectivity index (χ4n) is 4.36. The lowest BCUT2D eigenvalue weighted by molar-refractivity contribution is -0.117. The summed E-state index contributed by atoms with van der Waals surface area (Å²) >= 11 is 6.19. The Morgan fingerprint density at radius 3 is 2.72 bits per heavy atom. The van der Waals surface area contributed by atoms with Crippen molar-refractivity contribution in [3.8, 4) is 5.75 Å². The summed E-state index contributed by atoms with van der Waals surface area (Å²) in [6, 6.07) is 19.7. The van der Waals surface area contributed by atoms with E-state index in [9.17, 15) is 9.18 Å². The molecule has 4 aromatic rings. The van der Waals surface area contributed by atoms with E-state index < -0.39 is 0 Å². The van der Waals surface area contributed by atoms with Gasteiger partial charge >= 0.3 is 0 Å². The van der Waals surface area contributed by atoms with Gasteiger partial charge in [-0.2, -0.15) is 0 Å². The lowest BCUT2D eigenvalue weighted by Crippen LogP contribution is -2.25. The molecular formula is C25H21ClFN3O2. The first-order valence-corrected chi connectivity index (χ1v) is 10.8. The number of ether oxygens (including phenoxy) is 1. The van der Waals surface area contributed by atoms with Gasteiger partial charge in [-0.1, -0.05) is 41.9 Å². The van der Waals surface area contributed by atoms with Gasteiger partial charge in [0.2, 0.25) is 5.91 Å². The number of hydrogen-bond acceptors (Lipinski definition) is 3. The predicted octanol–water partition coefficient (Wildman–Crippen LogP) is 5.41. The van der Waals surface area contributed by atoms with Crippen LogP contribution in [0.4, 0.5) is 10.1 Å². The van der Waals surface area contributed by atoms with Gasteiger partial charge < -0.3 is 14.2 Å². The van der Waals surface area contributed by atoms with Gasteiger partial charge in [-0.05, 0) is 36.4 Å². The highest BCUT2D eigenvalue weighted by Gasteiger charge is 2.36. The van der Waals surface area contributed by atoms with Crippen LogP contribution in [-0.4, -0.2) is 29.1 Å². The number of aromatic nitrogens is 2. The molecule has 0 aliphatic carbocycles. The molecular weight excluding hydrogens is 429 g/mol. The third-order valence-corrected chi connectivity index (χ3v) is 6.13. The van der Waals surface area contributed by atoms with Crippen molar-refractivity contribution in [1.29, 1.82) is 0 Å². The molecule has 1 aliphatic heterocycles. The van der Waals surface area contributed by atoms with Crippen LogP contribution >= 0.6 is 11.6 Å². The number of carbonyl (C=O) groups excluding carboxylic acids is 1. The Labute approximate surface area is 190 Å². The quantitative estimate of drug-likeness (QED) is 0.409. The second kappa shape index (κ2) is 8.28. The van der Waals surface area contributed by atoms with Crippen LogP contribution in [-0.2, 0) is 11.3 Å². The average molecular weight is 450 g/mol. The van der Waals surface area contributed by atoms with Gasteiger partial charge in [0.05, 0.1) is 30.4 Å². The Morgan fingerprint density at radius 1 is 1.12 bits per heavy atom. The fourth-order valence-corrected chi connectivity index (χ4v) is 4.52. The normalized spacial score (nSPS) is 16.2. The first-order chi connectivity index (χ1) is 15.5. The maximum atomic E-state index is 14.4. The van der Waals surface area contributed by atoms with Gasteiger partial charge in [-0.15, -0.1) is 0 Å². The largest absolute Gasteiger partial charge is 0.495 e. The van der Waals surface area contributed by atoms with Crippen LogP contribution in [0.5, 0.6) is 5.75 Å². The summed E-state index contributed by atoms with van der Waals surface area (Å²) < 4.78 is 21.9. The molecule has 1 saturated heterocycles. The molecule has 3 aromatic carbocycles. The number of hydrogen-bond donors (Lipinski definition) is 0. The van der Waals surface area contributed by atoms with Crippen molar-refractivity contribution in [2.24, 2.45) is 0 Å². The molecule has 0 saturated carbocycles. The monoisotopic (exact) mass is 449 g/mol. The van der Waals surface area contributed by atoms with E-state index in [-0.39, 0.29) is 17.6 Å². The van der Waals surface area contributed by atoms with Crippen molar-refractivity contribution < 1.29 is 13.9 Å². The second-order valence-electron chi connectivity index (χ2n) is 7.86. The fraction of sp³-hybridized carbons (Fsp3) is 0.200. The molecule has 1 unspecified atom stereocenters. The highest BCUT2D eigenvalue weighted by atomic mass is 35.5. The number of benzene rings is 3. The van der Waals surface area contributed by atoms with Gasteiger partial charge in [0.1, 0.15) is 17.4 Å². The summed E-state index contributed by atoms with van der Waals surface area (Å²) in [6.07, 6.45) is 0.302. The van der Waals surface area contributed by atoms with Crippen molar-refractivity contribution in [3.05, 3.63) is 89.0 Å². The van der Waals surface area contributed by atoms with Gasteiger partial charge in [0, 0.05) is 29.5 Å². The maximum Gasteiger partial charge on any atom is 0.227 e. The molecule has 5 nitrogen and oxygen atoms in total. The highest BCUT2D eigenvalue weighted by Crippen LogP contribution is 2.38. The molecule has 1 aromatic heterocycles. The Hall–Kier alpha value is -3.38. The molecule has 0 N–H and O–H groups in total. The third-order valence-electron chi connectivity index (χ3n) is 5.89. The van der Waals surface area contributed by atoms with Crippen LogP contribution in [0.25, 0.3) is 11.0 Å². The number of carbonyl (C=O) groups is 1. The van der Waals surface area contributed by atoms with Crippen LogP contribution in [0.1, 0.15) is 23.7 Å². The zero-order valence-corrected chi connectivity index (χ0v) is 18.2. The summed E-state index contributed by atoms with van der Waals surface area (Å²) in [5, 5.41) is 0.531. The lowest BCUT2D eigenvalue weighted by Gasteiger charge is -2.20. The minimum Gasteiger partial charge on any atom is -0.495 e. The van der Waals surface area contributed by atoms with E-state index in [4.69, 9.17) is 21.3 Å². The minimum atomic E-state index is -0.260. The van der Waals surface area contributed by atoms with Crippen molar-refractivity contribution in [1.82, 2.24) is 9.55 Å². The number of nitrogens with zero attached hydrogens (tertiary/aromatic N) is 3. The molecule has 1 fully saturated rings. The molecule has 2 heterocycles. The summed E-state index contributed by atoms with van der Waals surface area (Å²) in [7, 11) is 1.57. The molecule has 5 rings (SSSR count). The van der Waals surface area contributed by atoms with Crippen LogP contribution in [0.2, 0.25) is 5.02 Å². The Balaban J connectivity index is 1.55. The molecule has 32 heavy (non-hydrogen) atoms. The zero-order valence-electron chi connectivity index (χ0n) is 17.5. The average Bonchev–Trinajstić information content (AvgIpc) is 3.36. The summed E-state index contributed by atoms with van der Waals surface area (Å²) in [5.74, 6) is 0.920. The first-order valence-electron chi connectivity index (χ1n) is 10.4. The Kier molecular flexibility index (Phi) is 5.31. The van der Waals surface area contributed by atoms with E-state index in [2.05, 4.69) is 0 Å². The first kappa shape index (κ1) is 20.5. The number of halogens is 2. The Morgan fingerprint density at radius 2 is 1.91 bits per heavy atom. The number of rotatable bonds is 5. The SMILES string of the molecule is COc1ccc(Cl)cc1N1CC(c2nc3ccccc3n2Cc2ccccc2F)CC1=O. The number of methoxy groups -OCH3 is 1. The van der Waals surface area contributed by atoms with Crippen molar-refractivity contribution in [3.63, 3.8) is 0 Å². The van der Waals surface area contributed by atoms with Crippen molar-refractivity contribution in [2.75, 3.05) is 18.6 Å². The van der Waals surface area contributed by atoms with E-state index in [0.29, 0.717) is 41.5 Å². The number of amides is 1. The Bertz CT molecular complexity index is 1320. The summed E-state index contributed by atoms with van der Waals surface area (Å²) in [4.78, 5) is 19.6. The van der Waals surface area contributed by atoms with Crippen LogP contribution in [0.3, 0.4) is 0 Å². The number of anilines is 1. The highest BCUT2D eigenvalue weighted by molar-refractivity contribution is 6.31. The van der Waals surface area contributed by atoms with Crippen LogP contribution in [0, 0.1) is 5.82 Å². The van der Waals surface area contributed by atoms with Crippen LogP contribution in [0.15, 0.2) is 66.7 Å². The lowest BCUT2D eigenvalue weighted by atomic mass is 10.1. The summed E-state index contributed by atoms with van der Waals surface area (Å²) in [5.41, 5.74) is 2.96. The van der Waals surface area contributed by atoms with Gasteiger partial charge in [0.25, 0.3) is 0 Å². The standard InChI is InChI=1S/C25H21ClFN3O2/c1-32-23-11-10-18(26)13-22(23)29-15-17(12-24(29)31)25-28-20-8-4-5-9-21(20)30(25)14-16-6-2-3-7-19(16)27/h2-11,13,17H,12,14-15H2,1H3. The predicted molar refractivity (Wildman–Crippen MR) is 123 cm³/mol. The summed E-state index contributed by atoms with van der Waals surface area (Å²) in [6.45, 7) is 0.782. The number of fused-ring (bicyclic) bond motifs is 1. The topological polar surface area (TPSA) is 47.4 Å². The van der Waals surface area contributed by atoms with Gasteiger partial charge in [-0.25, -0.2) is 9.37 Å². The van der Waals surface area contributed by atoms with Gasteiger partial charge in [0.15, 0.2) is 0 Å². The molecule has 0 radical (unpaired) electrons. The minimum absolute atomic E-state index is 0.0277. The number of imidazole rings is 1. The third kappa shape index (κ3) is 3.60. The molecule has 1 atom stereocenters. The second-order valence-corrected chi connectivity index (χ2v) is 8.29. The maximum absolute atomic E-state index is 14.4. The van der Waals surface area contributed by atoms with E-state index in [1.54, 1.807) is 42.3 Å². The molecule has 0 bridgehead atoms. The van der Waals surface area contributed by atoms with Gasteiger partial charge in [-0.3, -0.25) is 4.79 Å². The van der Waals surface area contributed by atoms with E-state index in [0.717, 1.165) is 16.9 Å². The van der Waals surface area contributed by atoms with E-state index in [1.165, 1.54) is 6.07 Å². The van der Waals surface area contributed by atoms with E-state index >= 15 is 0 Å². The molecule has 162 valence electrons. The number of para-hydroxylation sites is 2. The molecule has 1 amide bonds.